The third-order valence-electron chi connectivity index (χ3n) is 7.14. The largest absolute Gasteiger partial charge is 0.369 e. The Hall–Kier alpha value is -0.780. The van der Waals surface area contributed by atoms with Crippen LogP contribution >= 0.6 is 24.8 Å². The number of rotatable bonds is 4. The lowest BCUT2D eigenvalue weighted by Crippen LogP contribution is -2.51. The molecule has 1 atom stereocenters. The van der Waals surface area contributed by atoms with Gasteiger partial charge in [-0.15, -0.1) is 29.9 Å². The van der Waals surface area contributed by atoms with E-state index in [1.54, 1.807) is 0 Å². The van der Waals surface area contributed by atoms with Crippen LogP contribution in [0.1, 0.15) is 38.5 Å². The lowest BCUT2D eigenvalue weighted by atomic mass is 9.54. The number of halogens is 2. The van der Waals surface area contributed by atoms with Gasteiger partial charge < -0.3 is 15.5 Å². The first kappa shape index (κ1) is 20.0. The van der Waals surface area contributed by atoms with Crippen LogP contribution in [0.5, 0.6) is 0 Å². The standard InChI is InChI=1S/C19H29N5.2ClH/c1-20-16-2-3-24(11-16)17-9-18(23-21-10-17)22-19-14-5-12-4-13(7-14)8-15(19)6-12;;/h9-10,12-16,19-20H,2-8,11H2,1H3,(H,22,23);2*1H. The zero-order valence-corrected chi connectivity index (χ0v) is 17.1. The number of likely N-dealkylation sites (N-methyl/N-ethyl adjacent to an activating group) is 1. The van der Waals surface area contributed by atoms with Crippen molar-refractivity contribution in [3.63, 3.8) is 0 Å². The van der Waals surface area contributed by atoms with Crippen LogP contribution in [-0.2, 0) is 0 Å². The highest BCUT2D eigenvalue weighted by atomic mass is 35.5. The van der Waals surface area contributed by atoms with Gasteiger partial charge in [-0.1, -0.05) is 0 Å². The Labute approximate surface area is 168 Å². The summed E-state index contributed by atoms with van der Waals surface area (Å²) >= 11 is 0. The Morgan fingerprint density at radius 2 is 1.73 bits per heavy atom. The van der Waals surface area contributed by atoms with Crippen molar-refractivity contribution in [1.82, 2.24) is 15.5 Å². The van der Waals surface area contributed by atoms with Crippen LogP contribution in [0.15, 0.2) is 12.3 Å². The predicted octanol–water partition coefficient (Wildman–Crippen LogP) is 3.35. The van der Waals surface area contributed by atoms with Gasteiger partial charge in [-0.05, 0) is 69.2 Å². The average molecular weight is 400 g/mol. The molecule has 4 saturated carbocycles. The summed E-state index contributed by atoms with van der Waals surface area (Å²) < 4.78 is 0. The van der Waals surface area contributed by atoms with Crippen molar-refractivity contribution in [2.24, 2.45) is 23.7 Å². The van der Waals surface area contributed by atoms with E-state index in [0.29, 0.717) is 12.1 Å². The molecule has 6 rings (SSSR count). The van der Waals surface area contributed by atoms with Crippen molar-refractivity contribution in [3.05, 3.63) is 12.3 Å². The van der Waals surface area contributed by atoms with E-state index in [1.807, 2.05) is 6.20 Å². The second kappa shape index (κ2) is 8.07. The first-order chi connectivity index (χ1) is 11.8. The van der Waals surface area contributed by atoms with Crippen LogP contribution in [-0.4, -0.2) is 42.4 Å². The smallest absolute Gasteiger partial charge is 0.150 e. The quantitative estimate of drug-likeness (QED) is 0.812. The Morgan fingerprint density at radius 3 is 2.35 bits per heavy atom. The van der Waals surface area contributed by atoms with Gasteiger partial charge in [0.05, 0.1) is 11.9 Å². The Bertz CT molecular complexity index is 585. The molecule has 0 aromatic carbocycles. The summed E-state index contributed by atoms with van der Waals surface area (Å²) in [5, 5.41) is 15.9. The van der Waals surface area contributed by atoms with E-state index in [0.717, 1.165) is 42.6 Å². The monoisotopic (exact) mass is 399 g/mol. The highest BCUT2D eigenvalue weighted by Crippen LogP contribution is 2.54. The SMILES string of the molecule is CNC1CCN(c2cnnc(NC3C4CC5CC(C4)CC3C5)c2)C1.Cl.Cl. The van der Waals surface area contributed by atoms with Crippen LogP contribution in [0.4, 0.5) is 11.5 Å². The van der Waals surface area contributed by atoms with Crippen molar-refractivity contribution in [2.75, 3.05) is 30.4 Å². The number of nitrogens with one attached hydrogen (secondary N) is 2. The molecule has 1 aromatic heterocycles. The van der Waals surface area contributed by atoms with Crippen LogP contribution in [0.3, 0.4) is 0 Å². The van der Waals surface area contributed by atoms with Crippen LogP contribution in [0.2, 0.25) is 0 Å². The zero-order chi connectivity index (χ0) is 16.1. The Morgan fingerprint density at radius 1 is 1.04 bits per heavy atom. The normalized spacial score (nSPS) is 37.2. The van der Waals surface area contributed by atoms with E-state index in [9.17, 15) is 0 Å². The van der Waals surface area contributed by atoms with Gasteiger partial charge in [0.15, 0.2) is 5.82 Å². The third kappa shape index (κ3) is 3.63. The minimum atomic E-state index is 0. The summed E-state index contributed by atoms with van der Waals surface area (Å²) in [5.41, 5.74) is 1.22. The molecule has 7 heteroatoms. The molecule has 1 saturated heterocycles. The van der Waals surface area contributed by atoms with E-state index in [-0.39, 0.29) is 24.8 Å². The van der Waals surface area contributed by atoms with Gasteiger partial charge in [0.25, 0.3) is 0 Å². The van der Waals surface area contributed by atoms with E-state index in [1.165, 1.54) is 44.2 Å². The fourth-order valence-electron chi connectivity index (χ4n) is 6.16. The van der Waals surface area contributed by atoms with Crippen molar-refractivity contribution in [3.8, 4) is 0 Å². The summed E-state index contributed by atoms with van der Waals surface area (Å²) in [6.07, 6.45) is 10.4. The van der Waals surface area contributed by atoms with E-state index in [2.05, 4.69) is 38.8 Å². The topological polar surface area (TPSA) is 53.1 Å². The van der Waals surface area contributed by atoms with Crippen LogP contribution in [0.25, 0.3) is 0 Å². The average Bonchev–Trinajstić information content (AvgIpc) is 3.07. The summed E-state index contributed by atoms with van der Waals surface area (Å²) in [6.45, 7) is 2.17. The third-order valence-corrected chi connectivity index (χ3v) is 7.14. The predicted molar refractivity (Wildman–Crippen MR) is 111 cm³/mol. The maximum atomic E-state index is 4.40. The minimum Gasteiger partial charge on any atom is -0.369 e. The van der Waals surface area contributed by atoms with Gasteiger partial charge in [0.1, 0.15) is 0 Å². The highest BCUT2D eigenvalue weighted by molar-refractivity contribution is 5.85. The second-order valence-electron chi connectivity index (χ2n) is 8.62. The van der Waals surface area contributed by atoms with Crippen molar-refractivity contribution in [2.45, 2.75) is 50.6 Å². The number of hydrogen-bond donors (Lipinski definition) is 2. The second-order valence-corrected chi connectivity index (χ2v) is 8.62. The molecular weight excluding hydrogens is 369 g/mol. The molecule has 1 aliphatic heterocycles. The highest BCUT2D eigenvalue weighted by Gasteiger charge is 2.48. The van der Waals surface area contributed by atoms with E-state index in [4.69, 9.17) is 0 Å². The molecule has 0 spiro atoms. The molecule has 4 bridgehead atoms. The summed E-state index contributed by atoms with van der Waals surface area (Å²) in [5.74, 6) is 4.76. The Balaban J connectivity index is 0.000000980. The maximum Gasteiger partial charge on any atom is 0.150 e. The molecule has 5 fully saturated rings. The molecule has 4 aliphatic carbocycles. The minimum absolute atomic E-state index is 0. The van der Waals surface area contributed by atoms with E-state index >= 15 is 0 Å². The van der Waals surface area contributed by atoms with Crippen molar-refractivity contribution in [1.29, 1.82) is 0 Å². The van der Waals surface area contributed by atoms with Gasteiger partial charge in [-0.2, -0.15) is 5.10 Å². The van der Waals surface area contributed by atoms with Gasteiger partial charge in [0, 0.05) is 31.2 Å². The Kier molecular flexibility index (Phi) is 6.20. The summed E-state index contributed by atoms with van der Waals surface area (Å²) in [6, 6.07) is 3.45. The molecule has 2 N–H and O–H groups in total. The number of nitrogens with zero attached hydrogens (tertiary/aromatic N) is 3. The fraction of sp³-hybridized carbons (Fsp3) is 0.789. The van der Waals surface area contributed by atoms with Crippen LogP contribution < -0.4 is 15.5 Å². The number of anilines is 2. The molecule has 1 aromatic rings. The lowest BCUT2D eigenvalue weighted by Gasteiger charge is -2.54. The summed E-state index contributed by atoms with van der Waals surface area (Å²) in [4.78, 5) is 2.43. The van der Waals surface area contributed by atoms with Gasteiger partial charge in [0.2, 0.25) is 0 Å². The van der Waals surface area contributed by atoms with Gasteiger partial charge >= 0.3 is 0 Å². The van der Waals surface area contributed by atoms with Gasteiger partial charge in [-0.25, -0.2) is 0 Å². The van der Waals surface area contributed by atoms with E-state index < -0.39 is 0 Å². The van der Waals surface area contributed by atoms with Gasteiger partial charge in [-0.3, -0.25) is 0 Å². The number of hydrogen-bond acceptors (Lipinski definition) is 5. The molecular formula is C19H31Cl2N5. The molecule has 0 amide bonds. The molecule has 1 unspecified atom stereocenters. The summed E-state index contributed by atoms with van der Waals surface area (Å²) in [7, 11) is 2.05. The first-order valence-electron chi connectivity index (χ1n) is 9.80. The van der Waals surface area contributed by atoms with Crippen molar-refractivity contribution >= 4 is 36.3 Å². The maximum absolute atomic E-state index is 4.40. The van der Waals surface area contributed by atoms with Crippen LogP contribution in [0, 0.1) is 23.7 Å². The molecule has 5 aliphatic rings. The van der Waals surface area contributed by atoms with Crippen molar-refractivity contribution < 1.29 is 0 Å². The fourth-order valence-corrected chi connectivity index (χ4v) is 6.16. The molecule has 2 heterocycles. The molecule has 5 nitrogen and oxygen atoms in total. The molecule has 0 radical (unpaired) electrons. The molecule has 146 valence electrons. The molecule has 26 heavy (non-hydrogen) atoms. The number of aromatic nitrogens is 2. The lowest BCUT2D eigenvalue weighted by molar-refractivity contribution is 0.00739. The first-order valence-corrected chi connectivity index (χ1v) is 9.80. The zero-order valence-electron chi connectivity index (χ0n) is 15.4.